The minimum Gasteiger partial charge on any atom is -0.507 e. The van der Waals surface area contributed by atoms with Crippen molar-refractivity contribution < 1.29 is 75.4 Å². The Kier molecular flexibility index (Phi) is 25.4. The fourth-order valence-electron chi connectivity index (χ4n) is 7.10. The third kappa shape index (κ3) is 19.2. The average molecular weight is 1090 g/mol. The number of aliphatic hydroxyl groups is 1. The lowest BCUT2D eigenvalue weighted by Gasteiger charge is -2.22. The van der Waals surface area contributed by atoms with Gasteiger partial charge in [0.2, 0.25) is 0 Å². The Bertz CT molecular complexity index is 2190. The first kappa shape index (κ1) is 62.1. The number of allylic oxidation sites excluding steroid dienone is 2. The Morgan fingerprint density at radius 1 is 0.710 bits per heavy atom. The fourth-order valence-corrected chi connectivity index (χ4v) is 11.7. The van der Waals surface area contributed by atoms with Crippen molar-refractivity contribution in [3.63, 3.8) is 0 Å². The Labute approximate surface area is 420 Å². The van der Waals surface area contributed by atoms with Crippen LogP contribution in [0, 0.1) is 13.8 Å². The molecule has 0 fully saturated rings. The molecule has 2 heterocycles. The van der Waals surface area contributed by atoms with E-state index in [1.807, 2.05) is 67.5 Å². The lowest BCUT2D eigenvalue weighted by molar-refractivity contribution is 0.0523. The van der Waals surface area contributed by atoms with E-state index in [0.29, 0.717) is 47.6 Å². The first-order chi connectivity index (χ1) is 32.1. The largest absolute Gasteiger partial charge is 0.507 e. The first-order valence-electron chi connectivity index (χ1n) is 23.2. The molecular formula is C49H79BrO16P2Si. The summed E-state index contributed by atoms with van der Waals surface area (Å²) in [5.74, 6) is 0.842. The second kappa shape index (κ2) is 28.3. The molecule has 0 unspecified atom stereocenters. The highest BCUT2D eigenvalue weighted by Crippen LogP contribution is 2.52. The summed E-state index contributed by atoms with van der Waals surface area (Å²) in [6, 6.07) is 0.998. The second-order valence-corrected chi connectivity index (χ2v) is 30.0. The van der Waals surface area contributed by atoms with Crippen LogP contribution in [0.15, 0.2) is 23.3 Å². The summed E-state index contributed by atoms with van der Waals surface area (Å²) in [6.45, 7) is 30.0. The zero-order valence-electron chi connectivity index (χ0n) is 43.9. The number of phenolic OH excluding ortho intramolecular Hbond substituents is 1. The minimum absolute atomic E-state index is 0.0000939. The van der Waals surface area contributed by atoms with Crippen LogP contribution in [0.4, 0.5) is 0 Å². The molecule has 0 aromatic heterocycles. The van der Waals surface area contributed by atoms with Crippen molar-refractivity contribution in [3.8, 4) is 23.0 Å². The van der Waals surface area contributed by atoms with Crippen LogP contribution < -0.4 is 14.2 Å². The maximum Gasteiger partial charge on any atom is 0.356 e. The number of carbonyl (C=O) groups is 2. The zero-order valence-corrected chi connectivity index (χ0v) is 48.3. The fraction of sp³-hybridized carbons (Fsp3) is 0.633. The number of carbonyl (C=O) groups excluding carboxylic acids is 2. The summed E-state index contributed by atoms with van der Waals surface area (Å²) < 4.78 is 79.1. The van der Waals surface area contributed by atoms with Gasteiger partial charge in [-0.2, -0.15) is 0 Å². The number of aliphatic hydroxyl groups excluding tert-OH is 1. The number of hydrogen-bond donors (Lipinski definition) is 2. The number of rotatable bonds is 24. The van der Waals surface area contributed by atoms with E-state index in [-0.39, 0.29) is 79.5 Å². The van der Waals surface area contributed by atoms with Gasteiger partial charge in [0.25, 0.3) is 0 Å². The van der Waals surface area contributed by atoms with Crippen LogP contribution in [0.2, 0.25) is 25.7 Å². The van der Waals surface area contributed by atoms with Crippen molar-refractivity contribution in [2.45, 2.75) is 159 Å². The predicted octanol–water partition coefficient (Wildman–Crippen LogP) is 12.1. The van der Waals surface area contributed by atoms with Crippen LogP contribution in [0.25, 0.3) is 0 Å². The molecule has 0 amide bonds. The molecule has 2 aliphatic rings. The lowest BCUT2D eigenvalue weighted by atomic mass is 9.95. The molecule has 0 aliphatic carbocycles. The molecule has 4 rings (SSSR count). The van der Waals surface area contributed by atoms with Crippen LogP contribution >= 0.6 is 31.1 Å². The van der Waals surface area contributed by atoms with Crippen LogP contribution in [-0.4, -0.2) is 100 Å². The number of alkyl halides is 1. The van der Waals surface area contributed by atoms with Crippen LogP contribution in [0.1, 0.15) is 123 Å². The first-order valence-corrected chi connectivity index (χ1v) is 31.4. The highest BCUT2D eigenvalue weighted by molar-refractivity contribution is 9.10. The summed E-state index contributed by atoms with van der Waals surface area (Å²) >= 11 is 3.12. The minimum atomic E-state index is -3.37. The molecule has 2 aliphatic heterocycles. The average Bonchev–Trinajstić information content (AvgIpc) is 3.82. The summed E-state index contributed by atoms with van der Waals surface area (Å²) in [5, 5.41) is 20.2. The summed E-state index contributed by atoms with van der Waals surface area (Å²) in [5.41, 5.74) is 6.98. The molecule has 16 nitrogen and oxygen atoms in total. The van der Waals surface area contributed by atoms with Crippen LogP contribution in [0.3, 0.4) is 0 Å². The van der Waals surface area contributed by atoms with E-state index in [1.165, 1.54) is 7.11 Å². The van der Waals surface area contributed by atoms with Crippen molar-refractivity contribution in [2.75, 3.05) is 45.5 Å². The smallest absolute Gasteiger partial charge is 0.356 e. The van der Waals surface area contributed by atoms with Crippen molar-refractivity contribution in [3.05, 3.63) is 67.8 Å². The van der Waals surface area contributed by atoms with Gasteiger partial charge >= 0.3 is 27.1 Å². The molecule has 0 atom stereocenters. The van der Waals surface area contributed by atoms with Crippen molar-refractivity contribution in [2.24, 2.45) is 0 Å². The van der Waals surface area contributed by atoms with Gasteiger partial charge in [-0.3, -0.25) is 9.13 Å². The van der Waals surface area contributed by atoms with E-state index < -0.39 is 29.2 Å². The van der Waals surface area contributed by atoms with Crippen molar-refractivity contribution in [1.29, 1.82) is 0 Å². The number of aromatic hydroxyl groups is 1. The molecule has 2 aromatic carbocycles. The predicted molar refractivity (Wildman–Crippen MR) is 276 cm³/mol. The standard InChI is InChI=1S/C22H33O8P.C20H30O5Si.C7H16BrO3P/c1-13(2)29-31(25,30-14(3)4)12-27-10-15(5)8-9-17-20(23)19-18(11-28-22(19)24)16(6)21(17)26-7;1-13(11-21)7-8-15-18(23-3)14(2)16-12-25-20(22)17(16)19(15)24-9-10-26(4,5)6;1-6(2)10-12(9,5-8)11-7(3)4/h8,13-14,23H,9-12H2,1-7H3;7,21H,8-12H2,1-6H3;6-7H,5H2,1-4H3/b15-8+;13-7+;. The maximum absolute atomic E-state index is 12.8. The van der Waals surface area contributed by atoms with E-state index in [9.17, 15) is 28.9 Å². The lowest BCUT2D eigenvalue weighted by Crippen LogP contribution is -2.23. The van der Waals surface area contributed by atoms with E-state index in [1.54, 1.807) is 34.8 Å². The van der Waals surface area contributed by atoms with E-state index in [2.05, 4.69) is 35.6 Å². The van der Waals surface area contributed by atoms with Crippen LogP contribution in [0.5, 0.6) is 23.0 Å². The Hall–Kier alpha value is -3.02. The molecule has 0 saturated carbocycles. The van der Waals surface area contributed by atoms with Gasteiger partial charge in [0.05, 0.1) is 58.5 Å². The van der Waals surface area contributed by atoms with Gasteiger partial charge in [0.1, 0.15) is 58.8 Å². The number of cyclic esters (lactones) is 2. The highest BCUT2D eigenvalue weighted by atomic mass is 79.9. The second-order valence-electron chi connectivity index (χ2n) is 19.1. The van der Waals surface area contributed by atoms with E-state index in [4.69, 9.17) is 46.5 Å². The summed E-state index contributed by atoms with van der Waals surface area (Å²) in [4.78, 5) is 24.4. The molecule has 2 N–H and O–H groups in total. The number of hydrogen-bond acceptors (Lipinski definition) is 16. The molecule has 0 bridgehead atoms. The van der Waals surface area contributed by atoms with Gasteiger partial charge in [0.15, 0.2) is 0 Å². The molecule has 0 saturated heterocycles. The number of ether oxygens (including phenoxy) is 6. The summed E-state index contributed by atoms with van der Waals surface area (Å²) in [6.07, 6.45) is 3.83. The van der Waals surface area contributed by atoms with Crippen LogP contribution in [-0.2, 0) is 67.5 Å². The Morgan fingerprint density at radius 2 is 1.14 bits per heavy atom. The molecule has 392 valence electrons. The monoisotopic (exact) mass is 1090 g/mol. The third-order valence-electron chi connectivity index (χ3n) is 10.1. The molecule has 20 heteroatoms. The van der Waals surface area contributed by atoms with Gasteiger partial charge in [0, 0.05) is 30.3 Å². The molecular weight excluding hydrogens is 1010 g/mol. The Balaban J connectivity index is 0.000000388. The van der Waals surface area contributed by atoms with Crippen molar-refractivity contribution >= 4 is 51.1 Å². The SMILES string of the molecule is CC(C)OP(=O)(CBr)OC(C)C.COc1c(C)c2c(c(O)c1C/C=C(\C)COCP(=O)(OC(C)C)OC(C)C)C(=O)OC2.COc1c(C)c2c(c(OCC[Si](C)(C)C)c1C/C=C(\C)CO)C(=O)OC2. The maximum atomic E-state index is 12.8. The van der Waals surface area contributed by atoms with Crippen molar-refractivity contribution in [1.82, 2.24) is 0 Å². The summed E-state index contributed by atoms with van der Waals surface area (Å²) in [7, 11) is -4.38. The van der Waals surface area contributed by atoms with Gasteiger partial charge in [-0.15, -0.1) is 0 Å². The number of esters is 2. The number of phenols is 1. The quantitative estimate of drug-likeness (QED) is 0.0330. The molecule has 0 spiro atoms. The Morgan fingerprint density at radius 3 is 1.59 bits per heavy atom. The normalized spacial score (nSPS) is 14.1. The number of fused-ring (bicyclic) bond motifs is 2. The number of benzene rings is 2. The third-order valence-corrected chi connectivity index (χ3v) is 17.5. The van der Waals surface area contributed by atoms with Gasteiger partial charge < -0.3 is 56.7 Å². The molecule has 69 heavy (non-hydrogen) atoms. The number of halogens is 1. The van der Waals surface area contributed by atoms with Gasteiger partial charge in [-0.25, -0.2) is 9.59 Å². The van der Waals surface area contributed by atoms with E-state index >= 15 is 0 Å². The molecule has 0 radical (unpaired) electrons. The highest BCUT2D eigenvalue weighted by Gasteiger charge is 2.35. The van der Waals surface area contributed by atoms with E-state index in [0.717, 1.165) is 45.2 Å². The molecule has 2 aromatic rings. The zero-order chi connectivity index (χ0) is 52.6. The number of methoxy groups -OCH3 is 2. The topological polar surface area (TPSA) is 201 Å². The van der Waals surface area contributed by atoms with Gasteiger partial charge in [-0.05, 0) is 113 Å². The van der Waals surface area contributed by atoms with Gasteiger partial charge in [-0.1, -0.05) is 58.9 Å².